The molecule has 0 aliphatic rings. The van der Waals surface area contributed by atoms with E-state index in [4.69, 9.17) is 0 Å². The van der Waals surface area contributed by atoms with Crippen LogP contribution in [0.5, 0.6) is 0 Å². The molecule has 0 spiro atoms. The molecule has 5 heterocycles. The average Bonchev–Trinajstić information content (AvgIpc) is 3.28. The van der Waals surface area contributed by atoms with Gasteiger partial charge in [-0.2, -0.15) is 13.2 Å². The van der Waals surface area contributed by atoms with Gasteiger partial charge in [0.05, 0.1) is 39.8 Å². The van der Waals surface area contributed by atoms with Crippen LogP contribution in [0, 0.1) is 0 Å². The molecule has 12 heteroatoms. The van der Waals surface area contributed by atoms with Crippen LogP contribution in [0.2, 0.25) is 0 Å². The van der Waals surface area contributed by atoms with E-state index in [0.717, 1.165) is 28.0 Å². The summed E-state index contributed by atoms with van der Waals surface area (Å²) in [5.74, 6) is 1.02. The number of hydrogen-bond acceptors (Lipinski definition) is 7. The maximum Gasteiger partial charge on any atom is 0.418 e. The number of hydrogen-bond donors (Lipinski definition) is 2. The Morgan fingerprint density at radius 3 is 1.42 bits per heavy atom. The molecule has 0 amide bonds. The second kappa shape index (κ2) is 18.2. The number of anilines is 4. The first-order valence-electron chi connectivity index (χ1n) is 19.1. The summed E-state index contributed by atoms with van der Waals surface area (Å²) in [6.45, 7) is 4.00. The minimum Gasteiger partial charge on any atom is -0.341 e. The van der Waals surface area contributed by atoms with Crippen LogP contribution >= 0.6 is 0 Å². The van der Waals surface area contributed by atoms with Crippen molar-refractivity contribution in [3.05, 3.63) is 209 Å². The Morgan fingerprint density at radius 2 is 0.950 bits per heavy atom. The molecular weight excluding hydrogens is 764 g/mol. The largest absolute Gasteiger partial charge is 0.418 e. The molecule has 0 aliphatic carbocycles. The molecule has 0 fully saturated rings. The predicted octanol–water partition coefficient (Wildman–Crippen LogP) is 11.4. The van der Waals surface area contributed by atoms with Crippen LogP contribution in [0.3, 0.4) is 0 Å². The lowest BCUT2D eigenvalue weighted by Gasteiger charge is -2.19. The highest BCUT2D eigenvalue weighted by molar-refractivity contribution is 5.96. The van der Waals surface area contributed by atoms with E-state index >= 15 is 0 Å². The van der Waals surface area contributed by atoms with Crippen LogP contribution in [0.1, 0.15) is 19.4 Å². The molecule has 5 aromatic heterocycles. The van der Waals surface area contributed by atoms with Crippen LogP contribution in [0.4, 0.5) is 36.2 Å². The smallest absolute Gasteiger partial charge is 0.341 e. The van der Waals surface area contributed by atoms with Crippen molar-refractivity contribution in [2.24, 2.45) is 0 Å². The van der Waals surface area contributed by atoms with Gasteiger partial charge in [-0.25, -0.2) is 0 Å². The van der Waals surface area contributed by atoms with Gasteiger partial charge in [0.25, 0.3) is 0 Å². The Balaban J connectivity index is 0.000000175. The molecule has 0 radical (unpaired) electrons. The maximum atomic E-state index is 13.5. The van der Waals surface area contributed by atoms with Crippen LogP contribution in [-0.4, -0.2) is 24.1 Å². The number of alkyl halides is 3. The molecular formula is C48H38F3N7O2. The van der Waals surface area contributed by atoms with Gasteiger partial charge in [0, 0.05) is 70.8 Å². The van der Waals surface area contributed by atoms with E-state index in [9.17, 15) is 22.8 Å². The van der Waals surface area contributed by atoms with Crippen molar-refractivity contribution in [2.75, 3.05) is 10.6 Å². The first-order chi connectivity index (χ1) is 29.3. The fraction of sp³-hybridized carbons (Fsp3) is 0.0625. The molecule has 0 bridgehead atoms. The van der Waals surface area contributed by atoms with Crippen LogP contribution < -0.4 is 21.5 Å². The second-order valence-electron chi connectivity index (χ2n) is 13.0. The molecule has 2 N–H and O–H groups in total. The van der Waals surface area contributed by atoms with Gasteiger partial charge < -0.3 is 10.6 Å². The van der Waals surface area contributed by atoms with E-state index in [0.29, 0.717) is 34.6 Å². The van der Waals surface area contributed by atoms with Crippen molar-refractivity contribution < 1.29 is 13.2 Å². The molecule has 298 valence electrons. The lowest BCUT2D eigenvalue weighted by atomic mass is 10.0. The van der Waals surface area contributed by atoms with Crippen molar-refractivity contribution in [2.45, 2.75) is 20.0 Å². The Labute approximate surface area is 343 Å². The maximum absolute atomic E-state index is 13.5. The molecule has 0 aliphatic heterocycles. The third kappa shape index (κ3) is 8.67. The summed E-state index contributed by atoms with van der Waals surface area (Å²) in [5.41, 5.74) is 3.72. The minimum absolute atomic E-state index is 0.0723. The number of aromatic nitrogens is 5. The van der Waals surface area contributed by atoms with Gasteiger partial charge in [0.15, 0.2) is 10.9 Å². The van der Waals surface area contributed by atoms with Crippen LogP contribution in [-0.2, 0) is 6.18 Å². The number of halogens is 3. The topological polar surface area (TPSA) is 107 Å². The summed E-state index contributed by atoms with van der Waals surface area (Å²) in [7, 11) is 0. The van der Waals surface area contributed by atoms with E-state index in [1.54, 1.807) is 77.9 Å². The van der Waals surface area contributed by atoms with E-state index < -0.39 is 22.6 Å². The van der Waals surface area contributed by atoms with Gasteiger partial charge in [0.2, 0.25) is 0 Å². The molecule has 0 atom stereocenters. The zero-order chi connectivity index (χ0) is 42.1. The minimum atomic E-state index is -4.69. The Kier molecular flexibility index (Phi) is 12.2. The summed E-state index contributed by atoms with van der Waals surface area (Å²) in [4.78, 5) is 38.3. The molecule has 4 aromatic carbocycles. The Morgan fingerprint density at radius 1 is 0.500 bits per heavy atom. The standard InChI is InChI=1S/C25H18N4O.C21H14F3N3O.C2H6/c30-23-14-24(28-19-9-3-1-4-10-19)29(20-11-5-2-6-12-20)22-17-27-16-21(25(22)23)18-8-7-13-26-15-18;22-21(23,24)16-12-25-13-17-20(16)18(28)11-19(26-14-7-3-1-4-8-14)27(17)15-9-5-2-6-10-15;1-2/h1-17,28H;1-13,26H;1-2H3. The fourth-order valence-corrected chi connectivity index (χ4v) is 6.73. The highest BCUT2D eigenvalue weighted by atomic mass is 19.4. The van der Waals surface area contributed by atoms with E-state index in [1.165, 1.54) is 12.3 Å². The molecule has 0 saturated heterocycles. The Hall–Kier alpha value is -7.86. The first kappa shape index (κ1) is 40.3. The second-order valence-corrected chi connectivity index (χ2v) is 13.0. The zero-order valence-corrected chi connectivity index (χ0v) is 32.5. The molecule has 9 nitrogen and oxygen atoms in total. The van der Waals surface area contributed by atoms with E-state index in [2.05, 4.69) is 25.6 Å². The molecule has 0 saturated carbocycles. The Bertz CT molecular complexity index is 2960. The predicted molar refractivity (Wildman–Crippen MR) is 234 cm³/mol. The number of benzene rings is 4. The van der Waals surface area contributed by atoms with E-state index in [1.807, 2.05) is 109 Å². The third-order valence-electron chi connectivity index (χ3n) is 9.24. The summed E-state index contributed by atoms with van der Waals surface area (Å²) in [6.07, 6.45) is 4.19. The van der Waals surface area contributed by atoms with Gasteiger partial charge in [-0.15, -0.1) is 0 Å². The quantitative estimate of drug-likeness (QED) is 0.165. The number of fused-ring (bicyclic) bond motifs is 2. The first-order valence-corrected chi connectivity index (χ1v) is 19.1. The summed E-state index contributed by atoms with van der Waals surface area (Å²) in [6, 6.07) is 44.3. The number of rotatable bonds is 7. The third-order valence-corrected chi connectivity index (χ3v) is 9.24. The zero-order valence-electron chi connectivity index (χ0n) is 32.5. The lowest BCUT2D eigenvalue weighted by molar-refractivity contribution is -0.136. The number of nitrogens with zero attached hydrogens (tertiary/aromatic N) is 5. The molecule has 9 aromatic rings. The van der Waals surface area contributed by atoms with Crippen molar-refractivity contribution >= 4 is 44.8 Å². The average molecular weight is 802 g/mol. The van der Waals surface area contributed by atoms with E-state index in [-0.39, 0.29) is 10.9 Å². The van der Waals surface area contributed by atoms with Crippen LogP contribution in [0.25, 0.3) is 44.3 Å². The monoisotopic (exact) mass is 801 g/mol. The SMILES string of the molecule is CC.O=c1cc(Nc2ccccc2)n(-c2ccccc2)c2cncc(-c3cccnc3)c12.O=c1cc(Nc2ccccc2)n(-c2ccccc2)c2cncc(C(F)(F)F)c12. The molecule has 0 unspecified atom stereocenters. The van der Waals surface area contributed by atoms with Crippen molar-refractivity contribution in [3.63, 3.8) is 0 Å². The summed E-state index contributed by atoms with van der Waals surface area (Å²) in [5, 5.41) is 6.70. The van der Waals surface area contributed by atoms with Gasteiger partial charge in [-0.1, -0.05) is 92.7 Å². The van der Waals surface area contributed by atoms with Crippen molar-refractivity contribution in [3.8, 4) is 22.5 Å². The lowest BCUT2D eigenvalue weighted by Crippen LogP contribution is -2.17. The molecule has 9 rings (SSSR count). The van der Waals surface area contributed by atoms with Gasteiger partial charge in [0.1, 0.15) is 11.6 Å². The number of nitrogens with one attached hydrogen (secondary N) is 2. The van der Waals surface area contributed by atoms with Crippen molar-refractivity contribution in [1.29, 1.82) is 0 Å². The van der Waals surface area contributed by atoms with Crippen molar-refractivity contribution in [1.82, 2.24) is 24.1 Å². The summed E-state index contributed by atoms with van der Waals surface area (Å²) >= 11 is 0. The fourth-order valence-electron chi connectivity index (χ4n) is 6.73. The van der Waals surface area contributed by atoms with Gasteiger partial charge in [-0.05, 0) is 54.6 Å². The number of pyridine rings is 5. The van der Waals surface area contributed by atoms with Crippen LogP contribution in [0.15, 0.2) is 192 Å². The van der Waals surface area contributed by atoms with Gasteiger partial charge >= 0.3 is 6.18 Å². The normalized spacial score (nSPS) is 10.9. The van der Waals surface area contributed by atoms with Gasteiger partial charge in [-0.3, -0.25) is 33.7 Å². The summed E-state index contributed by atoms with van der Waals surface area (Å²) < 4.78 is 44.0. The number of para-hydroxylation sites is 4. The molecule has 60 heavy (non-hydrogen) atoms. The highest BCUT2D eigenvalue weighted by Gasteiger charge is 2.35. The highest BCUT2D eigenvalue weighted by Crippen LogP contribution is 2.35.